The maximum absolute atomic E-state index is 12.4. The lowest BCUT2D eigenvalue weighted by atomic mass is 10.2. The Bertz CT molecular complexity index is 1290. The van der Waals surface area contributed by atoms with Crippen LogP contribution < -0.4 is 15.1 Å². The second kappa shape index (κ2) is 11.3. The number of anilines is 1. The van der Waals surface area contributed by atoms with Crippen molar-refractivity contribution in [1.82, 2.24) is 20.2 Å². The largest absolute Gasteiger partial charge is 0.497 e. The third-order valence-electron chi connectivity index (χ3n) is 5.14. The van der Waals surface area contributed by atoms with Crippen LogP contribution in [0.2, 0.25) is 0 Å². The number of hydrazone groups is 1. The number of aromatic nitrogens is 3. The van der Waals surface area contributed by atoms with Crippen molar-refractivity contribution < 1.29 is 9.53 Å². The number of para-hydroxylation sites is 1. The summed E-state index contributed by atoms with van der Waals surface area (Å²) in [4.78, 5) is 14.4. The molecule has 8 nitrogen and oxygen atoms in total. The van der Waals surface area contributed by atoms with Crippen LogP contribution in [-0.4, -0.2) is 53.8 Å². The van der Waals surface area contributed by atoms with Crippen LogP contribution in [0.25, 0.3) is 17.1 Å². The number of thioether (sulfide) groups is 1. The van der Waals surface area contributed by atoms with E-state index in [-0.39, 0.29) is 11.7 Å². The Morgan fingerprint density at radius 2 is 1.74 bits per heavy atom. The van der Waals surface area contributed by atoms with Crippen LogP contribution in [0.3, 0.4) is 0 Å². The minimum atomic E-state index is -0.232. The van der Waals surface area contributed by atoms with Gasteiger partial charge in [0, 0.05) is 31.0 Å². The van der Waals surface area contributed by atoms with Gasteiger partial charge in [-0.2, -0.15) is 5.10 Å². The van der Waals surface area contributed by atoms with Gasteiger partial charge in [-0.05, 0) is 54.1 Å². The first kappa shape index (κ1) is 24.0. The highest BCUT2D eigenvalue weighted by Gasteiger charge is 2.17. The highest BCUT2D eigenvalue weighted by atomic mass is 32.2. The zero-order chi connectivity index (χ0) is 24.6. The maximum atomic E-state index is 12.4. The molecule has 4 aromatic rings. The maximum Gasteiger partial charge on any atom is 0.250 e. The molecule has 0 aliphatic heterocycles. The van der Waals surface area contributed by atoms with Gasteiger partial charge >= 0.3 is 0 Å². The number of amides is 1. The second-order valence-electron chi connectivity index (χ2n) is 7.77. The van der Waals surface area contributed by atoms with Crippen molar-refractivity contribution in [2.45, 2.75) is 5.16 Å². The van der Waals surface area contributed by atoms with E-state index in [4.69, 9.17) is 4.74 Å². The van der Waals surface area contributed by atoms with E-state index in [1.165, 1.54) is 11.8 Å². The van der Waals surface area contributed by atoms with E-state index in [0.717, 1.165) is 28.3 Å². The molecule has 0 atom stereocenters. The molecule has 0 aliphatic carbocycles. The normalized spacial score (nSPS) is 10.9. The van der Waals surface area contributed by atoms with Crippen molar-refractivity contribution >= 4 is 29.6 Å². The molecule has 178 valence electrons. The number of rotatable bonds is 9. The molecule has 0 spiro atoms. The van der Waals surface area contributed by atoms with Crippen molar-refractivity contribution in [3.8, 4) is 22.8 Å². The van der Waals surface area contributed by atoms with Crippen molar-refractivity contribution in [3.63, 3.8) is 0 Å². The van der Waals surface area contributed by atoms with E-state index in [2.05, 4.69) is 20.7 Å². The number of nitrogens with one attached hydrogen (secondary N) is 1. The molecule has 9 heteroatoms. The SMILES string of the molecule is COc1ccc(-c2nnc(SCC(=O)N/N=C\c3ccc(N(C)C)cc3)n2-c2ccccc2)cc1. The summed E-state index contributed by atoms with van der Waals surface area (Å²) in [5, 5.41) is 13.4. The van der Waals surface area contributed by atoms with Crippen LogP contribution in [0, 0.1) is 0 Å². The molecule has 3 aromatic carbocycles. The molecule has 1 aromatic heterocycles. The summed E-state index contributed by atoms with van der Waals surface area (Å²) < 4.78 is 7.20. The molecule has 0 aliphatic rings. The van der Waals surface area contributed by atoms with Gasteiger partial charge < -0.3 is 9.64 Å². The smallest absolute Gasteiger partial charge is 0.250 e. The van der Waals surface area contributed by atoms with Gasteiger partial charge in [0.15, 0.2) is 11.0 Å². The summed E-state index contributed by atoms with van der Waals surface area (Å²) in [5.41, 5.74) is 6.37. The van der Waals surface area contributed by atoms with E-state index >= 15 is 0 Å². The zero-order valence-corrected chi connectivity index (χ0v) is 20.6. The predicted octanol–water partition coefficient (Wildman–Crippen LogP) is 4.25. The summed E-state index contributed by atoms with van der Waals surface area (Å²) >= 11 is 1.30. The van der Waals surface area contributed by atoms with Crippen molar-refractivity contribution in [2.24, 2.45) is 5.10 Å². The minimum absolute atomic E-state index is 0.143. The molecule has 4 rings (SSSR count). The van der Waals surface area contributed by atoms with Gasteiger partial charge in [-0.1, -0.05) is 42.1 Å². The van der Waals surface area contributed by atoms with Gasteiger partial charge in [0.05, 0.1) is 19.1 Å². The number of hydrogen-bond donors (Lipinski definition) is 1. The van der Waals surface area contributed by atoms with Crippen LogP contribution in [-0.2, 0) is 4.79 Å². The fourth-order valence-corrected chi connectivity index (χ4v) is 4.04. The number of nitrogens with zero attached hydrogens (tertiary/aromatic N) is 5. The predicted molar refractivity (Wildman–Crippen MR) is 141 cm³/mol. The van der Waals surface area contributed by atoms with Crippen molar-refractivity contribution in [2.75, 3.05) is 31.9 Å². The van der Waals surface area contributed by atoms with Crippen molar-refractivity contribution in [1.29, 1.82) is 0 Å². The highest BCUT2D eigenvalue weighted by molar-refractivity contribution is 7.99. The Kier molecular flexibility index (Phi) is 7.79. The van der Waals surface area contributed by atoms with Gasteiger partial charge in [-0.15, -0.1) is 10.2 Å². The molecule has 1 amide bonds. The quantitative estimate of drug-likeness (QED) is 0.216. The number of carbonyl (C=O) groups excluding carboxylic acids is 1. The summed E-state index contributed by atoms with van der Waals surface area (Å²) in [6, 6.07) is 25.3. The Morgan fingerprint density at radius 3 is 2.40 bits per heavy atom. The monoisotopic (exact) mass is 486 g/mol. The van der Waals surface area contributed by atoms with E-state index in [0.29, 0.717) is 11.0 Å². The second-order valence-corrected chi connectivity index (χ2v) is 8.72. The molecule has 0 bridgehead atoms. The van der Waals surface area contributed by atoms with Crippen LogP contribution in [0.5, 0.6) is 5.75 Å². The number of methoxy groups -OCH3 is 1. The molecule has 0 unspecified atom stereocenters. The van der Waals surface area contributed by atoms with E-state index < -0.39 is 0 Å². The minimum Gasteiger partial charge on any atom is -0.497 e. The van der Waals surface area contributed by atoms with E-state index in [1.54, 1.807) is 13.3 Å². The molecule has 1 heterocycles. The Labute approximate surface area is 208 Å². The fourth-order valence-electron chi connectivity index (χ4n) is 3.30. The van der Waals surface area contributed by atoms with Crippen LogP contribution in [0.4, 0.5) is 5.69 Å². The third-order valence-corrected chi connectivity index (χ3v) is 6.07. The van der Waals surface area contributed by atoms with Crippen molar-refractivity contribution in [3.05, 3.63) is 84.4 Å². The van der Waals surface area contributed by atoms with Gasteiger partial charge in [0.1, 0.15) is 5.75 Å². The molecular formula is C26H26N6O2S. The zero-order valence-electron chi connectivity index (χ0n) is 19.8. The lowest BCUT2D eigenvalue weighted by Crippen LogP contribution is -2.20. The van der Waals surface area contributed by atoms with E-state index in [9.17, 15) is 4.79 Å². The summed E-state index contributed by atoms with van der Waals surface area (Å²) in [7, 11) is 5.60. The molecule has 0 fully saturated rings. The van der Waals surface area contributed by atoms with E-state index in [1.807, 2.05) is 102 Å². The van der Waals surface area contributed by atoms with Gasteiger partial charge in [0.25, 0.3) is 5.91 Å². The van der Waals surface area contributed by atoms with Crippen LogP contribution in [0.1, 0.15) is 5.56 Å². The summed E-state index contributed by atoms with van der Waals surface area (Å²) in [5.74, 6) is 1.36. The molecule has 35 heavy (non-hydrogen) atoms. The number of ether oxygens (including phenoxy) is 1. The Balaban J connectivity index is 1.45. The van der Waals surface area contributed by atoms with Crippen LogP contribution in [0.15, 0.2) is 89.1 Å². The molecule has 0 saturated carbocycles. The first-order chi connectivity index (χ1) is 17.0. The summed E-state index contributed by atoms with van der Waals surface area (Å²) in [6.07, 6.45) is 1.62. The number of carbonyl (C=O) groups is 1. The topological polar surface area (TPSA) is 84.6 Å². The number of hydrogen-bond acceptors (Lipinski definition) is 7. The average molecular weight is 487 g/mol. The molecule has 0 saturated heterocycles. The highest BCUT2D eigenvalue weighted by Crippen LogP contribution is 2.28. The molecule has 0 radical (unpaired) electrons. The third kappa shape index (κ3) is 6.07. The molecule has 1 N–H and O–H groups in total. The standard InChI is InChI=1S/C26H26N6O2S/c1-31(2)21-13-9-19(10-14-21)17-27-28-24(33)18-35-26-30-29-25(20-11-15-23(34-3)16-12-20)32(26)22-7-5-4-6-8-22/h4-17H,18H2,1-3H3,(H,28,33)/b27-17-. The Hall–Kier alpha value is -4.11. The van der Waals surface area contributed by atoms with Gasteiger partial charge in [0.2, 0.25) is 0 Å². The fraction of sp³-hybridized carbons (Fsp3) is 0.154. The van der Waals surface area contributed by atoms with Gasteiger partial charge in [-0.25, -0.2) is 5.43 Å². The average Bonchev–Trinajstić information content (AvgIpc) is 3.32. The summed E-state index contributed by atoms with van der Waals surface area (Å²) in [6.45, 7) is 0. The van der Waals surface area contributed by atoms with Gasteiger partial charge in [-0.3, -0.25) is 9.36 Å². The molecular weight excluding hydrogens is 460 g/mol. The lowest BCUT2D eigenvalue weighted by molar-refractivity contribution is -0.118. The lowest BCUT2D eigenvalue weighted by Gasteiger charge is -2.11. The first-order valence-corrected chi connectivity index (χ1v) is 11.9. The Morgan fingerprint density at radius 1 is 1.03 bits per heavy atom. The van der Waals surface area contributed by atoms with Crippen LogP contribution >= 0.6 is 11.8 Å². The number of benzene rings is 3. The first-order valence-electron chi connectivity index (χ1n) is 10.9.